The fourth-order valence-electron chi connectivity index (χ4n) is 3.22. The molecular weight excluding hydrogens is 302 g/mol. The number of carbonyl (C=O) groups excluding carboxylic acids is 2. The average molecular weight is 327 g/mol. The SMILES string of the molecule is COC(=O)[C@]12CCN(C(=O)OC(C)(C)C)C1=C[C@H](OC)[C@@H](O)C2. The van der Waals surface area contributed by atoms with Gasteiger partial charge >= 0.3 is 12.1 Å². The zero-order valence-corrected chi connectivity index (χ0v) is 14.3. The summed E-state index contributed by atoms with van der Waals surface area (Å²) in [5.41, 5.74) is -1.17. The second-order valence-corrected chi connectivity index (χ2v) is 6.98. The molecule has 2 rings (SSSR count). The van der Waals surface area contributed by atoms with E-state index >= 15 is 0 Å². The van der Waals surface area contributed by atoms with Crippen LogP contribution in [-0.2, 0) is 19.0 Å². The van der Waals surface area contributed by atoms with E-state index in [1.54, 1.807) is 26.8 Å². The highest BCUT2D eigenvalue weighted by Gasteiger charge is 2.56. The van der Waals surface area contributed by atoms with Crippen molar-refractivity contribution in [1.82, 2.24) is 4.90 Å². The maximum atomic E-state index is 12.5. The highest BCUT2D eigenvalue weighted by molar-refractivity contribution is 5.84. The first kappa shape index (κ1) is 17.7. The highest BCUT2D eigenvalue weighted by atomic mass is 16.6. The van der Waals surface area contributed by atoms with E-state index in [4.69, 9.17) is 14.2 Å². The molecule has 1 N–H and O–H groups in total. The Hall–Kier alpha value is -1.60. The molecule has 130 valence electrons. The molecule has 0 aromatic rings. The molecule has 1 amide bonds. The third-order valence-electron chi connectivity index (χ3n) is 4.26. The predicted octanol–water partition coefficient (Wildman–Crippen LogP) is 1.45. The summed E-state index contributed by atoms with van der Waals surface area (Å²) in [4.78, 5) is 26.3. The van der Waals surface area contributed by atoms with Gasteiger partial charge in [0.15, 0.2) is 0 Å². The summed E-state index contributed by atoms with van der Waals surface area (Å²) >= 11 is 0. The molecule has 0 spiro atoms. The molecule has 1 fully saturated rings. The van der Waals surface area contributed by atoms with E-state index in [1.165, 1.54) is 19.1 Å². The van der Waals surface area contributed by atoms with Crippen LogP contribution in [0.15, 0.2) is 11.8 Å². The van der Waals surface area contributed by atoms with Crippen LogP contribution in [0, 0.1) is 5.41 Å². The van der Waals surface area contributed by atoms with Crippen LogP contribution in [0.2, 0.25) is 0 Å². The van der Waals surface area contributed by atoms with E-state index in [0.717, 1.165) is 0 Å². The molecule has 7 heteroatoms. The van der Waals surface area contributed by atoms with Gasteiger partial charge in [0.1, 0.15) is 17.1 Å². The molecule has 3 atom stereocenters. The minimum atomic E-state index is -1.03. The van der Waals surface area contributed by atoms with Gasteiger partial charge in [0.2, 0.25) is 0 Å². The molecule has 2 aliphatic rings. The zero-order valence-electron chi connectivity index (χ0n) is 14.3. The largest absolute Gasteiger partial charge is 0.468 e. The monoisotopic (exact) mass is 327 g/mol. The molecule has 0 unspecified atom stereocenters. The Balaban J connectivity index is 2.39. The molecule has 1 saturated heterocycles. The minimum Gasteiger partial charge on any atom is -0.468 e. The molecule has 7 nitrogen and oxygen atoms in total. The van der Waals surface area contributed by atoms with Crippen molar-refractivity contribution < 1.29 is 28.9 Å². The molecule has 0 radical (unpaired) electrons. The third kappa shape index (κ3) is 3.21. The molecule has 1 aliphatic heterocycles. The summed E-state index contributed by atoms with van der Waals surface area (Å²) in [5, 5.41) is 10.2. The van der Waals surface area contributed by atoms with Gasteiger partial charge < -0.3 is 19.3 Å². The van der Waals surface area contributed by atoms with Crippen LogP contribution >= 0.6 is 0 Å². The van der Waals surface area contributed by atoms with Crippen molar-refractivity contribution in [2.24, 2.45) is 5.41 Å². The van der Waals surface area contributed by atoms with Crippen LogP contribution in [-0.4, -0.2) is 60.6 Å². The van der Waals surface area contributed by atoms with Gasteiger partial charge in [-0.2, -0.15) is 0 Å². The second-order valence-electron chi connectivity index (χ2n) is 6.98. The number of ether oxygens (including phenoxy) is 3. The molecule has 1 aliphatic carbocycles. The molecular formula is C16H25NO6. The lowest BCUT2D eigenvalue weighted by Crippen LogP contribution is -2.46. The van der Waals surface area contributed by atoms with Gasteiger partial charge in [-0.3, -0.25) is 9.69 Å². The normalized spacial score (nSPS) is 30.5. The van der Waals surface area contributed by atoms with Crippen LogP contribution in [0.25, 0.3) is 0 Å². The van der Waals surface area contributed by atoms with Crippen LogP contribution in [0.5, 0.6) is 0 Å². The average Bonchev–Trinajstić information content (AvgIpc) is 2.83. The molecule has 0 bridgehead atoms. The summed E-state index contributed by atoms with van der Waals surface area (Å²) in [7, 11) is 2.78. The number of esters is 1. The second kappa shape index (κ2) is 6.13. The quantitative estimate of drug-likeness (QED) is 0.773. The zero-order chi connectivity index (χ0) is 17.4. The van der Waals surface area contributed by atoms with Gasteiger partial charge in [0, 0.05) is 19.4 Å². The smallest absolute Gasteiger partial charge is 0.414 e. The van der Waals surface area contributed by atoms with Crippen molar-refractivity contribution in [3.05, 3.63) is 11.8 Å². The lowest BCUT2D eigenvalue weighted by atomic mass is 9.73. The van der Waals surface area contributed by atoms with Gasteiger partial charge in [-0.05, 0) is 39.7 Å². The summed E-state index contributed by atoms with van der Waals surface area (Å²) in [5.74, 6) is -0.455. The number of fused-ring (bicyclic) bond motifs is 1. The minimum absolute atomic E-state index is 0.156. The number of hydrogen-bond donors (Lipinski definition) is 1. The fourth-order valence-corrected chi connectivity index (χ4v) is 3.22. The number of aliphatic hydroxyl groups is 1. The van der Waals surface area contributed by atoms with Crippen LogP contribution in [0.1, 0.15) is 33.6 Å². The first-order valence-corrected chi connectivity index (χ1v) is 7.67. The molecule has 1 heterocycles. The summed E-state index contributed by atoms with van der Waals surface area (Å²) < 4.78 is 15.6. The first-order chi connectivity index (χ1) is 10.6. The maximum absolute atomic E-state index is 12.5. The van der Waals surface area contributed by atoms with Gasteiger partial charge in [-0.1, -0.05) is 0 Å². The number of nitrogens with zero attached hydrogens (tertiary/aromatic N) is 1. The summed E-state index contributed by atoms with van der Waals surface area (Å²) in [6.45, 7) is 5.68. The fraction of sp³-hybridized carbons (Fsp3) is 0.750. The predicted molar refractivity (Wildman–Crippen MR) is 81.5 cm³/mol. The van der Waals surface area contributed by atoms with Gasteiger partial charge in [0.05, 0.1) is 13.2 Å². The van der Waals surface area contributed by atoms with Crippen LogP contribution in [0.3, 0.4) is 0 Å². The maximum Gasteiger partial charge on any atom is 0.414 e. The Labute approximate surface area is 136 Å². The number of rotatable bonds is 2. The highest BCUT2D eigenvalue weighted by Crippen LogP contribution is 2.49. The van der Waals surface area contributed by atoms with Crippen molar-refractivity contribution in [2.75, 3.05) is 20.8 Å². The topological polar surface area (TPSA) is 85.3 Å². The van der Waals surface area contributed by atoms with Crippen molar-refractivity contribution in [3.8, 4) is 0 Å². The Morgan fingerprint density at radius 3 is 2.52 bits per heavy atom. The lowest BCUT2D eigenvalue weighted by Gasteiger charge is -2.38. The van der Waals surface area contributed by atoms with Crippen LogP contribution in [0.4, 0.5) is 4.79 Å². The van der Waals surface area contributed by atoms with E-state index in [0.29, 0.717) is 18.7 Å². The number of hydrogen-bond acceptors (Lipinski definition) is 6. The van der Waals surface area contributed by atoms with E-state index in [1.807, 2.05) is 0 Å². The first-order valence-electron chi connectivity index (χ1n) is 7.67. The van der Waals surface area contributed by atoms with Crippen molar-refractivity contribution in [1.29, 1.82) is 0 Å². The number of likely N-dealkylation sites (tertiary alicyclic amines) is 1. The Bertz CT molecular complexity index is 523. The summed E-state index contributed by atoms with van der Waals surface area (Å²) in [6, 6.07) is 0. The Kier molecular flexibility index (Phi) is 4.73. The number of methoxy groups -OCH3 is 2. The number of carbonyl (C=O) groups is 2. The van der Waals surface area contributed by atoms with Crippen molar-refractivity contribution in [3.63, 3.8) is 0 Å². The Morgan fingerprint density at radius 2 is 2.00 bits per heavy atom. The Morgan fingerprint density at radius 1 is 1.35 bits per heavy atom. The van der Waals surface area contributed by atoms with Crippen molar-refractivity contribution >= 4 is 12.1 Å². The lowest BCUT2D eigenvalue weighted by molar-refractivity contribution is -0.153. The third-order valence-corrected chi connectivity index (χ3v) is 4.26. The van der Waals surface area contributed by atoms with Gasteiger partial charge in [-0.25, -0.2) is 4.79 Å². The van der Waals surface area contributed by atoms with Gasteiger partial charge in [-0.15, -0.1) is 0 Å². The standard InChI is InChI=1S/C16H25NO6/c1-15(2,3)23-14(20)17-7-6-16(13(19)22-5)9-10(18)11(21-4)8-12(16)17/h8,10-11,18H,6-7,9H2,1-5H3/t10-,11-,16-/m0/s1. The van der Waals surface area contributed by atoms with Gasteiger partial charge in [0.25, 0.3) is 0 Å². The molecule has 23 heavy (non-hydrogen) atoms. The van der Waals surface area contributed by atoms with E-state index in [-0.39, 0.29) is 6.42 Å². The van der Waals surface area contributed by atoms with E-state index in [2.05, 4.69) is 0 Å². The number of aliphatic hydroxyl groups excluding tert-OH is 1. The van der Waals surface area contributed by atoms with E-state index < -0.39 is 35.3 Å². The molecule has 0 saturated carbocycles. The summed E-state index contributed by atoms with van der Waals surface area (Å²) in [6.07, 6.45) is 0.247. The number of amides is 1. The van der Waals surface area contributed by atoms with Crippen LogP contribution < -0.4 is 0 Å². The van der Waals surface area contributed by atoms with E-state index in [9.17, 15) is 14.7 Å². The molecule has 0 aromatic carbocycles. The van der Waals surface area contributed by atoms with Crippen molar-refractivity contribution in [2.45, 2.75) is 51.4 Å². The molecule has 0 aromatic heterocycles.